The lowest BCUT2D eigenvalue weighted by atomic mass is 9.98. The molecule has 1 N–H and O–H groups in total. The molecule has 108 valence electrons. The van der Waals surface area contributed by atoms with Gasteiger partial charge in [0.25, 0.3) is 0 Å². The molecule has 21 heavy (non-hydrogen) atoms. The van der Waals surface area contributed by atoms with Crippen LogP contribution < -0.4 is 5.32 Å². The minimum absolute atomic E-state index is 0.0324. The number of hydrogen-bond donors (Lipinski definition) is 1. The van der Waals surface area contributed by atoms with E-state index >= 15 is 0 Å². The van der Waals surface area contributed by atoms with E-state index in [2.05, 4.69) is 48.6 Å². The number of benzene rings is 2. The predicted molar refractivity (Wildman–Crippen MR) is 94.5 cm³/mol. The first-order valence-electron chi connectivity index (χ1n) is 6.39. The van der Waals surface area contributed by atoms with Crippen molar-refractivity contribution in [3.8, 4) is 0 Å². The average Bonchev–Trinajstić information content (AvgIpc) is 2.89. The molecule has 0 amide bonds. The summed E-state index contributed by atoms with van der Waals surface area (Å²) in [6, 6.07) is 11.4. The van der Waals surface area contributed by atoms with E-state index in [0.717, 1.165) is 10.0 Å². The van der Waals surface area contributed by atoms with Crippen LogP contribution in [0.4, 0.5) is 4.39 Å². The molecule has 1 nitrogen and oxygen atoms in total. The van der Waals surface area contributed by atoms with Gasteiger partial charge in [-0.2, -0.15) is 0 Å². The molecule has 0 spiro atoms. The first-order chi connectivity index (χ1) is 10.1. The molecule has 2 aromatic carbocycles. The van der Waals surface area contributed by atoms with Crippen LogP contribution in [0.2, 0.25) is 0 Å². The zero-order chi connectivity index (χ0) is 15.0. The Bertz CT molecular complexity index is 800. The largest absolute Gasteiger partial charge is 0.309 e. The maximum Gasteiger partial charge on any atom is 0.137 e. The number of halogens is 3. The molecule has 1 atom stereocenters. The fraction of sp³-hybridized carbons (Fsp3) is 0.125. The van der Waals surface area contributed by atoms with Gasteiger partial charge in [0.2, 0.25) is 0 Å². The van der Waals surface area contributed by atoms with Crippen molar-refractivity contribution in [1.29, 1.82) is 0 Å². The predicted octanol–water partition coefficient (Wildman–Crippen LogP) is 5.87. The number of nitrogens with one attached hydrogen (secondary N) is 1. The van der Waals surface area contributed by atoms with E-state index in [1.165, 1.54) is 21.7 Å². The molecular formula is C16H12Br2FNS. The summed E-state index contributed by atoms with van der Waals surface area (Å²) in [7, 11) is 1.92. The zero-order valence-electron chi connectivity index (χ0n) is 11.2. The van der Waals surface area contributed by atoms with Crippen molar-refractivity contribution in [3.63, 3.8) is 0 Å². The molecule has 0 radical (unpaired) electrons. The lowest BCUT2D eigenvalue weighted by molar-refractivity contribution is 0.617. The van der Waals surface area contributed by atoms with Crippen LogP contribution in [0.1, 0.15) is 17.2 Å². The number of rotatable bonds is 3. The second kappa shape index (κ2) is 6.16. The van der Waals surface area contributed by atoms with E-state index in [9.17, 15) is 4.39 Å². The molecule has 3 aromatic rings. The minimum Gasteiger partial charge on any atom is -0.309 e. The van der Waals surface area contributed by atoms with Crippen LogP contribution in [0.5, 0.6) is 0 Å². The highest BCUT2D eigenvalue weighted by molar-refractivity contribution is 9.11. The quantitative estimate of drug-likeness (QED) is 0.549. The standard InChI is InChI=1S/C16H12Br2FNS/c1-20-15(9-5-6-14(19)13(18)7-9)11-8-21-16-10(11)3-2-4-12(16)17/h2-8,15,20H,1H3. The average molecular weight is 429 g/mol. The molecule has 0 aliphatic carbocycles. The van der Waals surface area contributed by atoms with Gasteiger partial charge in [0, 0.05) is 9.17 Å². The van der Waals surface area contributed by atoms with Crippen LogP contribution in [0.3, 0.4) is 0 Å². The van der Waals surface area contributed by atoms with E-state index in [0.29, 0.717) is 4.47 Å². The maximum absolute atomic E-state index is 13.4. The third-order valence-electron chi connectivity index (χ3n) is 3.46. The smallest absolute Gasteiger partial charge is 0.137 e. The summed E-state index contributed by atoms with van der Waals surface area (Å²) >= 11 is 8.57. The van der Waals surface area contributed by atoms with E-state index in [-0.39, 0.29) is 11.9 Å². The maximum atomic E-state index is 13.4. The Balaban J connectivity index is 2.14. The van der Waals surface area contributed by atoms with Crippen LogP contribution in [-0.4, -0.2) is 7.05 Å². The zero-order valence-corrected chi connectivity index (χ0v) is 15.1. The first-order valence-corrected chi connectivity index (χ1v) is 8.86. The Morgan fingerprint density at radius 2 is 1.95 bits per heavy atom. The molecule has 0 saturated carbocycles. The lowest BCUT2D eigenvalue weighted by Crippen LogP contribution is -2.17. The second-order valence-electron chi connectivity index (χ2n) is 4.70. The van der Waals surface area contributed by atoms with Crippen molar-refractivity contribution >= 4 is 53.3 Å². The molecule has 3 rings (SSSR count). The highest BCUT2D eigenvalue weighted by atomic mass is 79.9. The number of thiophene rings is 1. The van der Waals surface area contributed by atoms with E-state index in [1.807, 2.05) is 31.3 Å². The molecule has 0 saturated heterocycles. The Morgan fingerprint density at radius 1 is 1.14 bits per heavy atom. The van der Waals surface area contributed by atoms with Gasteiger partial charge in [0.05, 0.1) is 10.5 Å². The molecule has 5 heteroatoms. The van der Waals surface area contributed by atoms with Gasteiger partial charge in [0.15, 0.2) is 0 Å². The third-order valence-corrected chi connectivity index (χ3v) is 6.04. The monoisotopic (exact) mass is 427 g/mol. The van der Waals surface area contributed by atoms with Gasteiger partial charge in [-0.15, -0.1) is 11.3 Å². The van der Waals surface area contributed by atoms with Crippen molar-refractivity contribution < 1.29 is 4.39 Å². The molecule has 0 aliphatic heterocycles. The topological polar surface area (TPSA) is 12.0 Å². The summed E-state index contributed by atoms with van der Waals surface area (Å²) < 4.78 is 16.3. The molecular weight excluding hydrogens is 417 g/mol. The SMILES string of the molecule is CNC(c1ccc(F)c(Br)c1)c1csc2c(Br)cccc12. The third kappa shape index (κ3) is 2.80. The van der Waals surface area contributed by atoms with Gasteiger partial charge in [-0.3, -0.25) is 0 Å². The number of hydrogen-bond acceptors (Lipinski definition) is 2. The highest BCUT2D eigenvalue weighted by Crippen LogP contribution is 2.37. The Hall–Kier alpha value is -0.750. The first kappa shape index (κ1) is 15.2. The van der Waals surface area contributed by atoms with Gasteiger partial charge < -0.3 is 5.32 Å². The minimum atomic E-state index is -0.244. The summed E-state index contributed by atoms with van der Waals surface area (Å²) in [5.74, 6) is -0.244. The van der Waals surface area contributed by atoms with Gasteiger partial charge >= 0.3 is 0 Å². The highest BCUT2D eigenvalue weighted by Gasteiger charge is 2.18. The normalized spacial score (nSPS) is 12.8. The molecule has 0 aliphatic rings. The number of fused-ring (bicyclic) bond motifs is 1. The lowest BCUT2D eigenvalue weighted by Gasteiger charge is -2.17. The van der Waals surface area contributed by atoms with Crippen LogP contribution in [-0.2, 0) is 0 Å². The fourth-order valence-electron chi connectivity index (χ4n) is 2.46. The Morgan fingerprint density at radius 3 is 2.67 bits per heavy atom. The van der Waals surface area contributed by atoms with Gasteiger partial charge in [-0.05, 0) is 79.0 Å². The molecule has 1 aromatic heterocycles. The van der Waals surface area contributed by atoms with Gasteiger partial charge in [-0.1, -0.05) is 18.2 Å². The van der Waals surface area contributed by atoms with Gasteiger partial charge in [-0.25, -0.2) is 4.39 Å². The van der Waals surface area contributed by atoms with Gasteiger partial charge in [0.1, 0.15) is 5.82 Å². The molecule has 1 heterocycles. The second-order valence-corrected chi connectivity index (χ2v) is 7.29. The van der Waals surface area contributed by atoms with E-state index in [4.69, 9.17) is 0 Å². The van der Waals surface area contributed by atoms with Crippen molar-refractivity contribution in [2.45, 2.75) is 6.04 Å². The summed E-state index contributed by atoms with van der Waals surface area (Å²) in [4.78, 5) is 0. The summed E-state index contributed by atoms with van der Waals surface area (Å²) in [6.45, 7) is 0. The molecule has 0 bridgehead atoms. The molecule has 0 fully saturated rings. The van der Waals surface area contributed by atoms with E-state index in [1.54, 1.807) is 11.3 Å². The van der Waals surface area contributed by atoms with Crippen LogP contribution in [0.25, 0.3) is 10.1 Å². The summed E-state index contributed by atoms with van der Waals surface area (Å²) in [6.07, 6.45) is 0. The Kier molecular flexibility index (Phi) is 4.45. The summed E-state index contributed by atoms with van der Waals surface area (Å²) in [5, 5.41) is 6.70. The van der Waals surface area contributed by atoms with Crippen molar-refractivity contribution in [2.75, 3.05) is 7.05 Å². The van der Waals surface area contributed by atoms with Crippen LogP contribution >= 0.6 is 43.2 Å². The van der Waals surface area contributed by atoms with Crippen molar-refractivity contribution in [2.24, 2.45) is 0 Å². The van der Waals surface area contributed by atoms with Crippen molar-refractivity contribution in [1.82, 2.24) is 5.32 Å². The summed E-state index contributed by atoms with van der Waals surface area (Å²) in [5.41, 5.74) is 2.24. The molecule has 1 unspecified atom stereocenters. The van der Waals surface area contributed by atoms with E-state index < -0.39 is 0 Å². The Labute approximate surface area is 143 Å². The van der Waals surface area contributed by atoms with Crippen LogP contribution in [0.15, 0.2) is 50.7 Å². The fourth-order valence-corrected chi connectivity index (χ4v) is 4.50. The van der Waals surface area contributed by atoms with Crippen molar-refractivity contribution in [3.05, 3.63) is 67.7 Å². The van der Waals surface area contributed by atoms with Crippen LogP contribution in [0, 0.1) is 5.82 Å².